The molecule has 0 aliphatic carbocycles. The van der Waals surface area contributed by atoms with Crippen molar-refractivity contribution in [2.24, 2.45) is 0 Å². The number of benzene rings is 3. The highest BCUT2D eigenvalue weighted by atomic mass is 32.2. The number of hydrogen-bond acceptors (Lipinski definition) is 3. The van der Waals surface area contributed by atoms with Gasteiger partial charge in [0.25, 0.3) is 5.91 Å². The number of amides is 1. The Labute approximate surface area is 169 Å². The summed E-state index contributed by atoms with van der Waals surface area (Å²) in [6, 6.07) is 19.9. The molecule has 0 atom stereocenters. The van der Waals surface area contributed by atoms with Crippen molar-refractivity contribution in [1.82, 2.24) is 0 Å². The van der Waals surface area contributed by atoms with Gasteiger partial charge >= 0.3 is 6.18 Å². The third-order valence-electron chi connectivity index (χ3n) is 4.03. The number of alkyl halides is 3. The zero-order chi connectivity index (χ0) is 20.9. The van der Waals surface area contributed by atoms with Crippen LogP contribution in [0, 0.1) is 0 Å². The van der Waals surface area contributed by atoms with E-state index < -0.39 is 17.6 Å². The molecule has 0 saturated heterocycles. The average molecular weight is 415 g/mol. The number of ketones is 1. The maximum absolute atomic E-state index is 12.6. The van der Waals surface area contributed by atoms with Crippen LogP contribution in [0.1, 0.15) is 26.3 Å². The highest BCUT2D eigenvalue weighted by Crippen LogP contribution is 2.30. The van der Waals surface area contributed by atoms with Crippen LogP contribution in [0.4, 0.5) is 18.9 Å². The van der Waals surface area contributed by atoms with Crippen LogP contribution in [-0.4, -0.2) is 17.4 Å². The van der Waals surface area contributed by atoms with Gasteiger partial charge in [0.15, 0.2) is 5.78 Å². The van der Waals surface area contributed by atoms with E-state index in [0.717, 1.165) is 17.0 Å². The molecule has 0 heterocycles. The molecule has 1 N–H and O–H groups in total. The van der Waals surface area contributed by atoms with Crippen LogP contribution in [0.5, 0.6) is 0 Å². The SMILES string of the molecule is O=C(CSc1cccc(C(=O)Nc2ccc(C(F)(F)F)cc2)c1)c1ccccc1. The van der Waals surface area contributed by atoms with Gasteiger partial charge in [-0.1, -0.05) is 36.4 Å². The van der Waals surface area contributed by atoms with Crippen molar-refractivity contribution >= 4 is 29.1 Å². The minimum Gasteiger partial charge on any atom is -0.322 e. The molecule has 29 heavy (non-hydrogen) atoms. The van der Waals surface area contributed by atoms with Crippen molar-refractivity contribution in [3.8, 4) is 0 Å². The van der Waals surface area contributed by atoms with Crippen LogP contribution < -0.4 is 5.32 Å². The Kier molecular flexibility index (Phi) is 6.39. The Hall–Kier alpha value is -3.06. The molecule has 0 radical (unpaired) electrons. The second kappa shape index (κ2) is 8.96. The molecule has 0 aromatic heterocycles. The molecule has 1 amide bonds. The first kappa shape index (κ1) is 20.7. The van der Waals surface area contributed by atoms with Crippen LogP contribution in [0.3, 0.4) is 0 Å². The molecule has 0 aliphatic heterocycles. The number of Topliss-reactive ketones (excluding diaryl/α,β-unsaturated/α-hetero) is 1. The predicted octanol–water partition coefficient (Wildman–Crippen LogP) is 5.93. The summed E-state index contributed by atoms with van der Waals surface area (Å²) in [6.45, 7) is 0. The Balaban J connectivity index is 1.62. The lowest BCUT2D eigenvalue weighted by Gasteiger charge is -2.09. The fourth-order valence-corrected chi connectivity index (χ4v) is 3.38. The third-order valence-corrected chi connectivity index (χ3v) is 5.03. The van der Waals surface area contributed by atoms with Crippen LogP contribution in [0.2, 0.25) is 0 Å². The van der Waals surface area contributed by atoms with Crippen molar-refractivity contribution < 1.29 is 22.8 Å². The molecular weight excluding hydrogens is 399 g/mol. The number of anilines is 1. The molecule has 3 aromatic carbocycles. The molecule has 3 aromatic rings. The van der Waals surface area contributed by atoms with E-state index in [-0.39, 0.29) is 17.2 Å². The van der Waals surface area contributed by atoms with E-state index in [4.69, 9.17) is 0 Å². The molecule has 0 saturated carbocycles. The van der Waals surface area contributed by atoms with Crippen molar-refractivity contribution in [2.45, 2.75) is 11.1 Å². The lowest BCUT2D eigenvalue weighted by Crippen LogP contribution is -2.12. The van der Waals surface area contributed by atoms with E-state index in [9.17, 15) is 22.8 Å². The maximum Gasteiger partial charge on any atom is 0.416 e. The molecule has 7 heteroatoms. The second-order valence-electron chi connectivity index (χ2n) is 6.13. The van der Waals surface area contributed by atoms with Gasteiger partial charge in [0.05, 0.1) is 11.3 Å². The summed E-state index contributed by atoms with van der Waals surface area (Å²) in [5.41, 5.74) is 0.454. The fraction of sp³-hybridized carbons (Fsp3) is 0.0909. The molecule has 3 rings (SSSR count). The standard InChI is InChI=1S/C22H16F3NO2S/c23-22(24,25)17-9-11-18(12-10-17)26-21(28)16-7-4-8-19(13-16)29-14-20(27)15-5-2-1-3-6-15/h1-13H,14H2,(H,26,28). The minimum atomic E-state index is -4.43. The fourth-order valence-electron chi connectivity index (χ4n) is 2.53. The zero-order valence-corrected chi connectivity index (χ0v) is 15.9. The topological polar surface area (TPSA) is 46.2 Å². The van der Waals surface area contributed by atoms with Crippen molar-refractivity contribution in [2.75, 3.05) is 11.1 Å². The molecule has 0 unspecified atom stereocenters. The highest BCUT2D eigenvalue weighted by Gasteiger charge is 2.30. The monoisotopic (exact) mass is 415 g/mol. The van der Waals surface area contributed by atoms with Gasteiger partial charge in [-0.3, -0.25) is 9.59 Å². The average Bonchev–Trinajstić information content (AvgIpc) is 2.72. The molecule has 0 spiro atoms. The lowest BCUT2D eigenvalue weighted by molar-refractivity contribution is -0.137. The Morgan fingerprint density at radius 3 is 2.14 bits per heavy atom. The van der Waals surface area contributed by atoms with Gasteiger partial charge in [-0.25, -0.2) is 0 Å². The number of carbonyl (C=O) groups is 2. The first-order valence-electron chi connectivity index (χ1n) is 8.62. The molecule has 0 aliphatic rings. The summed E-state index contributed by atoms with van der Waals surface area (Å²) in [5.74, 6) is -0.231. The van der Waals surface area contributed by atoms with Crippen molar-refractivity contribution in [3.05, 3.63) is 95.6 Å². The number of thioether (sulfide) groups is 1. The Morgan fingerprint density at radius 2 is 1.48 bits per heavy atom. The zero-order valence-electron chi connectivity index (χ0n) is 15.1. The van der Waals surface area contributed by atoms with Gasteiger partial charge < -0.3 is 5.32 Å². The molecular formula is C22H16F3NO2S. The van der Waals surface area contributed by atoms with E-state index in [2.05, 4.69) is 5.32 Å². The number of carbonyl (C=O) groups excluding carboxylic acids is 2. The van der Waals surface area contributed by atoms with Crippen LogP contribution in [-0.2, 0) is 6.18 Å². The summed E-state index contributed by atoms with van der Waals surface area (Å²) in [7, 11) is 0. The van der Waals surface area contributed by atoms with Crippen LogP contribution >= 0.6 is 11.8 Å². The van der Waals surface area contributed by atoms with Crippen LogP contribution in [0.25, 0.3) is 0 Å². The summed E-state index contributed by atoms with van der Waals surface area (Å²) < 4.78 is 37.8. The number of halogens is 3. The second-order valence-corrected chi connectivity index (χ2v) is 7.18. The van der Waals surface area contributed by atoms with E-state index in [0.29, 0.717) is 11.1 Å². The summed E-state index contributed by atoms with van der Waals surface area (Å²) >= 11 is 1.31. The summed E-state index contributed by atoms with van der Waals surface area (Å²) in [4.78, 5) is 25.3. The Bertz CT molecular complexity index is 1000. The first-order chi connectivity index (χ1) is 13.8. The number of rotatable bonds is 6. The van der Waals surface area contributed by atoms with E-state index in [1.807, 2.05) is 6.07 Å². The summed E-state index contributed by atoms with van der Waals surface area (Å²) in [6.07, 6.45) is -4.43. The van der Waals surface area contributed by atoms with Gasteiger partial charge in [0.1, 0.15) is 0 Å². The molecule has 3 nitrogen and oxygen atoms in total. The Morgan fingerprint density at radius 1 is 0.828 bits per heavy atom. The largest absolute Gasteiger partial charge is 0.416 e. The normalized spacial score (nSPS) is 11.1. The van der Waals surface area contributed by atoms with Gasteiger partial charge in [0, 0.05) is 21.7 Å². The smallest absolute Gasteiger partial charge is 0.322 e. The van der Waals surface area contributed by atoms with Crippen molar-refractivity contribution in [3.63, 3.8) is 0 Å². The first-order valence-corrected chi connectivity index (χ1v) is 9.61. The van der Waals surface area contributed by atoms with Gasteiger partial charge in [0.2, 0.25) is 0 Å². The van der Waals surface area contributed by atoms with Gasteiger partial charge in [-0.2, -0.15) is 13.2 Å². The quantitative estimate of drug-likeness (QED) is 0.401. The molecule has 0 bridgehead atoms. The van der Waals surface area contributed by atoms with Crippen molar-refractivity contribution in [1.29, 1.82) is 0 Å². The van der Waals surface area contributed by atoms with E-state index in [1.165, 1.54) is 23.9 Å². The number of hydrogen-bond donors (Lipinski definition) is 1. The lowest BCUT2D eigenvalue weighted by atomic mass is 10.1. The third kappa shape index (κ3) is 5.71. The predicted molar refractivity (Wildman–Crippen MR) is 107 cm³/mol. The van der Waals surface area contributed by atoms with E-state index in [1.54, 1.807) is 48.5 Å². The summed E-state index contributed by atoms with van der Waals surface area (Å²) in [5, 5.41) is 2.57. The van der Waals surface area contributed by atoms with Crippen LogP contribution in [0.15, 0.2) is 83.8 Å². The van der Waals surface area contributed by atoms with E-state index >= 15 is 0 Å². The molecule has 0 fully saturated rings. The maximum atomic E-state index is 12.6. The minimum absolute atomic E-state index is 0.0183. The number of nitrogens with one attached hydrogen (secondary N) is 1. The molecule has 148 valence electrons. The van der Waals surface area contributed by atoms with Gasteiger partial charge in [-0.05, 0) is 42.5 Å². The highest BCUT2D eigenvalue weighted by molar-refractivity contribution is 8.00. The van der Waals surface area contributed by atoms with Gasteiger partial charge in [-0.15, -0.1) is 11.8 Å².